The molecule has 0 aliphatic heterocycles. The van der Waals surface area contributed by atoms with Gasteiger partial charge in [-0.1, -0.05) is 31.0 Å². The number of methoxy groups -OCH3 is 1. The van der Waals surface area contributed by atoms with E-state index in [0.29, 0.717) is 0 Å². The van der Waals surface area contributed by atoms with Crippen LogP contribution in [0.15, 0.2) is 42.6 Å². The lowest BCUT2D eigenvalue weighted by Crippen LogP contribution is -1.94. The Kier molecular flexibility index (Phi) is 5.89. The molecule has 136 valence electrons. The molecule has 0 spiro atoms. The van der Waals surface area contributed by atoms with Crippen LogP contribution in [-0.4, -0.2) is 28.2 Å². The number of hydrogen-bond donors (Lipinski definition) is 2. The van der Waals surface area contributed by atoms with Gasteiger partial charge in [-0.05, 0) is 41.8 Å². The molecule has 1 heterocycles. The van der Waals surface area contributed by atoms with E-state index in [4.69, 9.17) is 9.84 Å². The highest BCUT2D eigenvalue weighted by atomic mass is 16.5. The number of fused-ring (bicyclic) bond motifs is 1. The minimum atomic E-state index is -0.713. The van der Waals surface area contributed by atoms with Crippen LogP contribution in [0, 0.1) is 0 Å². The van der Waals surface area contributed by atoms with E-state index in [1.54, 1.807) is 7.11 Å². The fraction of sp³-hybridized carbons (Fsp3) is 0.333. The van der Waals surface area contributed by atoms with E-state index < -0.39 is 5.97 Å². The van der Waals surface area contributed by atoms with Crippen LogP contribution in [0.5, 0.6) is 5.75 Å². The summed E-state index contributed by atoms with van der Waals surface area (Å²) in [7, 11) is 1.67. The second kappa shape index (κ2) is 8.52. The van der Waals surface area contributed by atoms with Crippen LogP contribution < -0.4 is 4.74 Å². The molecule has 0 atom stereocenters. The Morgan fingerprint density at radius 2 is 1.85 bits per heavy atom. The molecule has 2 N–H and O–H groups in total. The molecule has 0 aliphatic carbocycles. The number of aryl methyl sites for hydroxylation is 1. The summed E-state index contributed by atoms with van der Waals surface area (Å²) < 4.78 is 5.27. The summed E-state index contributed by atoms with van der Waals surface area (Å²) in [5.41, 5.74) is 2.13. The van der Waals surface area contributed by atoms with Crippen LogP contribution >= 0.6 is 0 Å². The molecule has 0 fully saturated rings. The summed E-state index contributed by atoms with van der Waals surface area (Å²) in [6.45, 7) is 0. The molecule has 26 heavy (non-hydrogen) atoms. The Labute approximate surface area is 153 Å². The van der Waals surface area contributed by atoms with E-state index in [2.05, 4.69) is 34.2 Å². The third kappa shape index (κ3) is 4.63. The smallest absolute Gasteiger partial charge is 0.303 e. The monoisotopic (exact) mass is 352 g/mol. The van der Waals surface area contributed by atoms with Crippen LogP contribution in [0.2, 0.25) is 0 Å². The van der Waals surface area contributed by atoms with Crippen molar-refractivity contribution in [3.05, 3.63) is 48.4 Å². The average Bonchev–Trinajstić information content (AvgIpc) is 3.12. The molecule has 0 saturated heterocycles. The Bertz CT molecular complexity index is 886. The third-order valence-electron chi connectivity index (χ3n) is 4.54. The van der Waals surface area contributed by atoms with Crippen LogP contribution in [0.1, 0.15) is 37.9 Å². The quantitative estimate of drug-likeness (QED) is 0.542. The zero-order valence-electron chi connectivity index (χ0n) is 15.0. The normalized spacial score (nSPS) is 11.0. The summed E-state index contributed by atoms with van der Waals surface area (Å²) in [6, 6.07) is 12.4. The number of carboxylic acid groups (broad SMARTS) is 1. The zero-order chi connectivity index (χ0) is 18.4. The van der Waals surface area contributed by atoms with Gasteiger partial charge in [0.05, 0.1) is 19.0 Å². The zero-order valence-corrected chi connectivity index (χ0v) is 15.0. The molecule has 0 bridgehead atoms. The molecular formula is C21H24N2O3. The number of hydrogen-bond acceptors (Lipinski definition) is 3. The van der Waals surface area contributed by atoms with Gasteiger partial charge in [0.25, 0.3) is 0 Å². The molecule has 0 amide bonds. The standard InChI is InChI=1S/C21H24N2O3/c1-26-18-11-10-15-12-17(9-8-16(15)13-18)19-14-22-20(23-19)6-4-2-3-5-7-21(24)25/h8-14H,2-7H2,1H3,(H,22,23)(H,24,25). The molecule has 5 nitrogen and oxygen atoms in total. The number of imidazole rings is 1. The number of rotatable bonds is 9. The summed E-state index contributed by atoms with van der Waals surface area (Å²) >= 11 is 0. The number of unbranched alkanes of at least 4 members (excludes halogenated alkanes) is 3. The van der Waals surface area contributed by atoms with Crippen molar-refractivity contribution < 1.29 is 14.6 Å². The maximum absolute atomic E-state index is 10.5. The van der Waals surface area contributed by atoms with Gasteiger partial charge < -0.3 is 14.8 Å². The van der Waals surface area contributed by atoms with Crippen LogP contribution in [-0.2, 0) is 11.2 Å². The third-order valence-corrected chi connectivity index (χ3v) is 4.54. The Hall–Kier alpha value is -2.82. The second-order valence-corrected chi connectivity index (χ2v) is 6.48. The number of benzene rings is 2. The van der Waals surface area contributed by atoms with Gasteiger partial charge in [0, 0.05) is 18.4 Å². The van der Waals surface area contributed by atoms with Gasteiger partial charge in [0.1, 0.15) is 11.6 Å². The largest absolute Gasteiger partial charge is 0.497 e. The van der Waals surface area contributed by atoms with Crippen LogP contribution in [0.4, 0.5) is 0 Å². The number of aromatic nitrogens is 2. The minimum absolute atomic E-state index is 0.263. The Morgan fingerprint density at radius 3 is 2.65 bits per heavy atom. The number of nitrogens with zero attached hydrogens (tertiary/aromatic N) is 1. The number of H-pyrrole nitrogens is 1. The van der Waals surface area contributed by atoms with Gasteiger partial charge in [0.2, 0.25) is 0 Å². The highest BCUT2D eigenvalue weighted by molar-refractivity contribution is 5.87. The lowest BCUT2D eigenvalue weighted by molar-refractivity contribution is -0.137. The summed E-state index contributed by atoms with van der Waals surface area (Å²) in [5, 5.41) is 10.9. The van der Waals surface area contributed by atoms with Crippen molar-refractivity contribution in [2.75, 3.05) is 7.11 Å². The molecule has 3 rings (SSSR count). The van der Waals surface area contributed by atoms with Gasteiger partial charge in [-0.15, -0.1) is 0 Å². The van der Waals surface area contributed by atoms with E-state index in [-0.39, 0.29) is 6.42 Å². The fourth-order valence-corrected chi connectivity index (χ4v) is 3.08. The van der Waals surface area contributed by atoms with Crippen molar-refractivity contribution in [3.8, 4) is 17.0 Å². The molecule has 0 saturated carbocycles. The highest BCUT2D eigenvalue weighted by Gasteiger charge is 2.05. The van der Waals surface area contributed by atoms with Crippen molar-refractivity contribution in [1.29, 1.82) is 0 Å². The molecular weight excluding hydrogens is 328 g/mol. The van der Waals surface area contributed by atoms with Crippen LogP contribution in [0.25, 0.3) is 22.0 Å². The average molecular weight is 352 g/mol. The Morgan fingerprint density at radius 1 is 1.08 bits per heavy atom. The molecule has 1 aromatic heterocycles. The lowest BCUT2D eigenvalue weighted by Gasteiger charge is -2.04. The number of nitrogens with one attached hydrogen (secondary N) is 1. The number of carboxylic acids is 1. The van der Waals surface area contributed by atoms with E-state index in [0.717, 1.165) is 65.7 Å². The first kappa shape index (κ1) is 18.0. The lowest BCUT2D eigenvalue weighted by atomic mass is 10.1. The Balaban J connectivity index is 1.58. The number of ether oxygens (including phenoxy) is 1. The summed E-state index contributed by atoms with van der Waals surface area (Å²) in [6.07, 6.45) is 6.78. The van der Waals surface area contributed by atoms with E-state index >= 15 is 0 Å². The number of aromatic amines is 1. The maximum atomic E-state index is 10.5. The van der Waals surface area contributed by atoms with Crippen molar-refractivity contribution in [1.82, 2.24) is 9.97 Å². The summed E-state index contributed by atoms with van der Waals surface area (Å²) in [5.74, 6) is 1.12. The van der Waals surface area contributed by atoms with E-state index in [9.17, 15) is 4.79 Å². The van der Waals surface area contributed by atoms with E-state index in [1.165, 1.54) is 0 Å². The summed E-state index contributed by atoms with van der Waals surface area (Å²) in [4.78, 5) is 18.4. The minimum Gasteiger partial charge on any atom is -0.497 e. The van der Waals surface area contributed by atoms with Crippen molar-refractivity contribution >= 4 is 16.7 Å². The molecule has 2 aromatic carbocycles. The molecule has 0 unspecified atom stereocenters. The van der Waals surface area contributed by atoms with E-state index in [1.807, 2.05) is 18.3 Å². The predicted molar refractivity (Wildman–Crippen MR) is 103 cm³/mol. The molecule has 0 aliphatic rings. The highest BCUT2D eigenvalue weighted by Crippen LogP contribution is 2.26. The van der Waals surface area contributed by atoms with Crippen molar-refractivity contribution in [3.63, 3.8) is 0 Å². The van der Waals surface area contributed by atoms with Gasteiger partial charge >= 0.3 is 5.97 Å². The fourth-order valence-electron chi connectivity index (χ4n) is 3.08. The van der Waals surface area contributed by atoms with Gasteiger partial charge in [-0.25, -0.2) is 4.98 Å². The number of carbonyl (C=O) groups is 1. The van der Waals surface area contributed by atoms with Crippen LogP contribution in [0.3, 0.4) is 0 Å². The molecule has 3 aromatic rings. The maximum Gasteiger partial charge on any atom is 0.303 e. The first-order valence-electron chi connectivity index (χ1n) is 8.99. The molecule has 0 radical (unpaired) electrons. The van der Waals surface area contributed by atoms with Crippen molar-refractivity contribution in [2.45, 2.75) is 38.5 Å². The predicted octanol–water partition coefficient (Wildman–Crippen LogP) is 4.82. The first-order valence-corrected chi connectivity index (χ1v) is 8.99. The first-order chi connectivity index (χ1) is 12.7. The van der Waals surface area contributed by atoms with Crippen molar-refractivity contribution in [2.24, 2.45) is 0 Å². The van der Waals surface area contributed by atoms with Gasteiger partial charge in [-0.2, -0.15) is 0 Å². The topological polar surface area (TPSA) is 75.2 Å². The van der Waals surface area contributed by atoms with Gasteiger partial charge in [-0.3, -0.25) is 4.79 Å². The second-order valence-electron chi connectivity index (χ2n) is 6.48. The SMILES string of the molecule is COc1ccc2cc(-c3cnc(CCCCCCC(=O)O)[nH]3)ccc2c1. The molecule has 5 heteroatoms. The number of aliphatic carboxylic acids is 1. The van der Waals surface area contributed by atoms with Gasteiger partial charge in [0.15, 0.2) is 0 Å².